The average Bonchev–Trinajstić information content (AvgIpc) is 2.15. The number of hydrogen-bond donors (Lipinski definition) is 1. The molecule has 0 bridgehead atoms. The van der Waals surface area contributed by atoms with E-state index in [2.05, 4.69) is 21.2 Å². The molecule has 6 heteroatoms. The molecule has 0 amide bonds. The SMILES string of the molecule is FCCNc1cc(C(F)(F)F)ccc1Br. The zero-order valence-electron chi connectivity index (χ0n) is 7.54. The monoisotopic (exact) mass is 285 g/mol. The Balaban J connectivity index is 2.95. The number of nitrogens with one attached hydrogen (secondary N) is 1. The predicted molar refractivity (Wildman–Crippen MR) is 53.6 cm³/mol. The van der Waals surface area contributed by atoms with Crippen molar-refractivity contribution >= 4 is 21.6 Å². The molecule has 1 rings (SSSR count). The molecular formula is C9H8BrF4N. The van der Waals surface area contributed by atoms with Crippen LogP contribution in [0.15, 0.2) is 22.7 Å². The third-order valence-corrected chi connectivity index (χ3v) is 2.40. The first-order valence-corrected chi connectivity index (χ1v) is 4.91. The van der Waals surface area contributed by atoms with E-state index in [0.29, 0.717) is 4.47 Å². The quantitative estimate of drug-likeness (QED) is 0.832. The summed E-state index contributed by atoms with van der Waals surface area (Å²) in [6, 6.07) is 3.19. The molecule has 0 heterocycles. The van der Waals surface area contributed by atoms with E-state index in [1.54, 1.807) is 0 Å². The summed E-state index contributed by atoms with van der Waals surface area (Å²) in [6.45, 7) is -0.650. The van der Waals surface area contributed by atoms with Gasteiger partial charge in [-0.3, -0.25) is 0 Å². The second kappa shape index (κ2) is 4.83. The van der Waals surface area contributed by atoms with Gasteiger partial charge in [0.2, 0.25) is 0 Å². The third-order valence-electron chi connectivity index (χ3n) is 1.70. The van der Waals surface area contributed by atoms with Crippen molar-refractivity contribution in [3.8, 4) is 0 Å². The number of anilines is 1. The van der Waals surface area contributed by atoms with E-state index in [1.165, 1.54) is 6.07 Å². The van der Waals surface area contributed by atoms with Crippen molar-refractivity contribution in [3.63, 3.8) is 0 Å². The lowest BCUT2D eigenvalue weighted by molar-refractivity contribution is -0.137. The molecule has 84 valence electrons. The lowest BCUT2D eigenvalue weighted by Gasteiger charge is -2.11. The zero-order chi connectivity index (χ0) is 11.5. The molecule has 1 aromatic carbocycles. The third kappa shape index (κ3) is 3.37. The largest absolute Gasteiger partial charge is 0.416 e. The molecule has 15 heavy (non-hydrogen) atoms. The van der Waals surface area contributed by atoms with Gasteiger partial charge >= 0.3 is 6.18 Å². The molecule has 1 aromatic rings. The maximum atomic E-state index is 12.3. The van der Waals surface area contributed by atoms with Gasteiger partial charge in [-0.05, 0) is 34.1 Å². The highest BCUT2D eigenvalue weighted by atomic mass is 79.9. The van der Waals surface area contributed by atoms with Crippen molar-refractivity contribution in [2.24, 2.45) is 0 Å². The summed E-state index contributed by atoms with van der Waals surface area (Å²) in [5.74, 6) is 0. The van der Waals surface area contributed by atoms with Crippen LogP contribution in [0.4, 0.5) is 23.2 Å². The topological polar surface area (TPSA) is 12.0 Å². The Morgan fingerprint density at radius 3 is 2.47 bits per heavy atom. The fraction of sp³-hybridized carbons (Fsp3) is 0.333. The van der Waals surface area contributed by atoms with Crippen molar-refractivity contribution in [1.29, 1.82) is 0 Å². The van der Waals surface area contributed by atoms with Gasteiger partial charge in [0.05, 0.1) is 5.56 Å². The number of rotatable bonds is 3. The van der Waals surface area contributed by atoms with Gasteiger partial charge in [0, 0.05) is 16.7 Å². The highest BCUT2D eigenvalue weighted by Gasteiger charge is 2.30. The standard InChI is InChI=1S/C9H8BrF4N/c10-7-2-1-6(9(12,13)14)5-8(7)15-4-3-11/h1-2,5,15H,3-4H2. The van der Waals surface area contributed by atoms with Crippen LogP contribution in [0.1, 0.15) is 5.56 Å². The molecule has 0 saturated heterocycles. The van der Waals surface area contributed by atoms with Gasteiger partial charge in [-0.1, -0.05) is 0 Å². The van der Waals surface area contributed by atoms with E-state index < -0.39 is 18.4 Å². The van der Waals surface area contributed by atoms with Gasteiger partial charge in [-0.15, -0.1) is 0 Å². The Morgan fingerprint density at radius 2 is 1.93 bits per heavy atom. The highest BCUT2D eigenvalue weighted by Crippen LogP contribution is 2.33. The van der Waals surface area contributed by atoms with Crippen molar-refractivity contribution in [3.05, 3.63) is 28.2 Å². The number of halogens is 5. The lowest BCUT2D eigenvalue weighted by atomic mass is 10.2. The number of alkyl halides is 4. The summed E-state index contributed by atoms with van der Waals surface area (Å²) >= 11 is 3.08. The van der Waals surface area contributed by atoms with Gasteiger partial charge in [0.1, 0.15) is 6.67 Å². The number of benzene rings is 1. The van der Waals surface area contributed by atoms with Crippen LogP contribution in [0.5, 0.6) is 0 Å². The van der Waals surface area contributed by atoms with E-state index in [4.69, 9.17) is 0 Å². The van der Waals surface area contributed by atoms with Crippen LogP contribution in [-0.2, 0) is 6.18 Å². The Bertz CT molecular complexity index is 337. The second-order valence-electron chi connectivity index (χ2n) is 2.81. The summed E-state index contributed by atoms with van der Waals surface area (Å²) < 4.78 is 49.2. The van der Waals surface area contributed by atoms with E-state index in [9.17, 15) is 17.6 Å². The fourth-order valence-corrected chi connectivity index (χ4v) is 1.41. The fourth-order valence-electron chi connectivity index (χ4n) is 1.02. The maximum Gasteiger partial charge on any atom is 0.416 e. The normalized spacial score (nSPS) is 11.5. The Morgan fingerprint density at radius 1 is 1.27 bits per heavy atom. The van der Waals surface area contributed by atoms with Crippen molar-refractivity contribution in [1.82, 2.24) is 0 Å². The van der Waals surface area contributed by atoms with E-state index in [1.807, 2.05) is 0 Å². The molecule has 0 spiro atoms. The molecular weight excluding hydrogens is 278 g/mol. The Hall–Kier alpha value is -0.780. The molecule has 0 aromatic heterocycles. The first kappa shape index (κ1) is 12.3. The second-order valence-corrected chi connectivity index (χ2v) is 3.66. The first-order valence-electron chi connectivity index (χ1n) is 4.11. The summed E-state index contributed by atoms with van der Waals surface area (Å²) in [5, 5.41) is 2.55. The van der Waals surface area contributed by atoms with Gasteiger partial charge in [-0.2, -0.15) is 13.2 Å². The molecule has 0 aliphatic rings. The Labute approximate surface area is 92.6 Å². The summed E-state index contributed by atoms with van der Waals surface area (Å²) in [4.78, 5) is 0. The van der Waals surface area contributed by atoms with E-state index >= 15 is 0 Å². The molecule has 1 nitrogen and oxygen atoms in total. The smallest absolute Gasteiger partial charge is 0.381 e. The molecule has 0 radical (unpaired) electrons. The molecule has 0 aliphatic heterocycles. The molecule has 0 aliphatic carbocycles. The minimum atomic E-state index is -4.38. The van der Waals surface area contributed by atoms with Gasteiger partial charge in [-0.25, -0.2) is 4.39 Å². The van der Waals surface area contributed by atoms with Crippen LogP contribution in [0.25, 0.3) is 0 Å². The summed E-state index contributed by atoms with van der Waals surface area (Å²) in [7, 11) is 0. The van der Waals surface area contributed by atoms with E-state index in [-0.39, 0.29) is 12.2 Å². The van der Waals surface area contributed by atoms with Crippen LogP contribution in [0.3, 0.4) is 0 Å². The minimum Gasteiger partial charge on any atom is -0.381 e. The van der Waals surface area contributed by atoms with Crippen molar-refractivity contribution < 1.29 is 17.6 Å². The average molecular weight is 286 g/mol. The Kier molecular flexibility index (Phi) is 3.96. The number of hydrogen-bond acceptors (Lipinski definition) is 1. The van der Waals surface area contributed by atoms with E-state index in [0.717, 1.165) is 12.1 Å². The zero-order valence-corrected chi connectivity index (χ0v) is 9.12. The van der Waals surface area contributed by atoms with Gasteiger partial charge in [0.25, 0.3) is 0 Å². The van der Waals surface area contributed by atoms with Crippen LogP contribution in [0, 0.1) is 0 Å². The highest BCUT2D eigenvalue weighted by molar-refractivity contribution is 9.10. The summed E-state index contributed by atoms with van der Waals surface area (Å²) in [5.41, 5.74) is -0.519. The predicted octanol–water partition coefficient (Wildman–Crippen LogP) is 3.85. The molecule has 0 atom stereocenters. The van der Waals surface area contributed by atoms with Crippen molar-refractivity contribution in [2.45, 2.75) is 6.18 Å². The maximum absolute atomic E-state index is 12.3. The van der Waals surface area contributed by atoms with Gasteiger partial charge < -0.3 is 5.32 Å². The van der Waals surface area contributed by atoms with Crippen LogP contribution >= 0.6 is 15.9 Å². The molecule has 1 N–H and O–H groups in total. The molecule has 0 saturated carbocycles. The lowest BCUT2D eigenvalue weighted by Crippen LogP contribution is -2.08. The van der Waals surface area contributed by atoms with Crippen LogP contribution in [0.2, 0.25) is 0 Å². The van der Waals surface area contributed by atoms with Crippen molar-refractivity contribution in [2.75, 3.05) is 18.5 Å². The first-order chi connectivity index (χ1) is 6.95. The molecule has 0 fully saturated rings. The van der Waals surface area contributed by atoms with Crippen LogP contribution in [-0.4, -0.2) is 13.2 Å². The molecule has 0 unspecified atom stereocenters. The van der Waals surface area contributed by atoms with Gasteiger partial charge in [0.15, 0.2) is 0 Å². The minimum absolute atomic E-state index is 0.0140. The van der Waals surface area contributed by atoms with Crippen LogP contribution < -0.4 is 5.32 Å². The summed E-state index contributed by atoms with van der Waals surface area (Å²) in [6.07, 6.45) is -4.38.